The number of carbonyl (C=O) groups is 2. The smallest absolute Gasteiger partial charge is 0.411 e. The highest BCUT2D eigenvalue weighted by Gasteiger charge is 2.36. The normalized spacial score (nSPS) is 14.1. The Kier molecular flexibility index (Phi) is 13.2. The van der Waals surface area contributed by atoms with E-state index in [-0.39, 0.29) is 0 Å². The summed E-state index contributed by atoms with van der Waals surface area (Å²) in [4.78, 5) is 32.8. The topological polar surface area (TPSA) is 102 Å². The van der Waals surface area contributed by atoms with Crippen LogP contribution in [0.3, 0.4) is 0 Å². The molecule has 1 N–H and O–H groups in total. The Balaban J connectivity index is 0.000000344. The van der Waals surface area contributed by atoms with E-state index in [1.807, 2.05) is 83.1 Å². The second-order valence-electron chi connectivity index (χ2n) is 9.07. The predicted molar refractivity (Wildman–Crippen MR) is 153 cm³/mol. The molecule has 3 heterocycles. The number of carboxylic acid groups (broad SMARTS) is 1. The van der Waals surface area contributed by atoms with E-state index in [1.54, 1.807) is 27.9 Å². The molecule has 1 amide bonds. The molecule has 1 atom stereocenters. The van der Waals surface area contributed by atoms with Crippen molar-refractivity contribution in [2.24, 2.45) is 0 Å². The maximum Gasteiger partial charge on any atom is 0.411 e. The van der Waals surface area contributed by atoms with Crippen molar-refractivity contribution in [3.63, 3.8) is 0 Å². The molecule has 1 unspecified atom stereocenters. The number of aromatic nitrogens is 2. The first-order valence-electron chi connectivity index (χ1n) is 13.2. The zero-order chi connectivity index (χ0) is 28.9. The maximum atomic E-state index is 11.6. The molecular weight excluding hydrogens is 482 g/mol. The van der Waals surface area contributed by atoms with Crippen molar-refractivity contribution in [3.8, 4) is 17.0 Å². The van der Waals surface area contributed by atoms with Crippen molar-refractivity contribution in [2.45, 2.75) is 79.9 Å². The number of aliphatic carboxylic acids is 1. The van der Waals surface area contributed by atoms with Crippen LogP contribution in [0.2, 0.25) is 0 Å². The van der Waals surface area contributed by atoms with Crippen LogP contribution in [0.25, 0.3) is 22.3 Å². The molecule has 2 aromatic heterocycles. The SMILES string of the molecule is CC.CC.CC(C)(C)OC(=O)N1CCCC1C(=O)O.COc1cc(-c2ccccc2)nc2nc(C)ccc12. The Bertz CT molecular complexity index is 1160. The number of nitrogens with zero attached hydrogens (tertiary/aromatic N) is 3. The number of hydrogen-bond donors (Lipinski definition) is 1. The number of benzene rings is 1. The van der Waals surface area contributed by atoms with Gasteiger partial charge in [-0.1, -0.05) is 58.0 Å². The van der Waals surface area contributed by atoms with Gasteiger partial charge in [0.1, 0.15) is 17.4 Å². The monoisotopic (exact) mass is 525 g/mol. The Labute approximate surface area is 227 Å². The van der Waals surface area contributed by atoms with Gasteiger partial charge in [-0.2, -0.15) is 0 Å². The van der Waals surface area contributed by atoms with Crippen LogP contribution < -0.4 is 4.74 Å². The molecule has 0 aliphatic carbocycles. The number of carboxylic acids is 1. The molecule has 8 heteroatoms. The lowest BCUT2D eigenvalue weighted by atomic mass is 10.1. The molecule has 1 fully saturated rings. The maximum absolute atomic E-state index is 11.6. The lowest BCUT2D eigenvalue weighted by molar-refractivity contribution is -0.142. The Morgan fingerprint density at radius 3 is 2.18 bits per heavy atom. The summed E-state index contributed by atoms with van der Waals surface area (Å²) in [6, 6.07) is 15.2. The number of pyridine rings is 2. The average Bonchev–Trinajstić information content (AvgIpc) is 3.41. The molecule has 208 valence electrons. The molecular formula is C30H43N3O5. The minimum atomic E-state index is -0.960. The van der Waals surface area contributed by atoms with Crippen molar-refractivity contribution in [3.05, 3.63) is 54.2 Å². The summed E-state index contributed by atoms with van der Waals surface area (Å²) < 4.78 is 10.6. The van der Waals surface area contributed by atoms with Gasteiger partial charge < -0.3 is 14.6 Å². The Morgan fingerprint density at radius 1 is 1.00 bits per heavy atom. The number of aryl methyl sites for hydroxylation is 1. The molecule has 1 aliphatic heterocycles. The van der Waals surface area contributed by atoms with Gasteiger partial charge in [0.25, 0.3) is 0 Å². The second-order valence-corrected chi connectivity index (χ2v) is 9.07. The molecule has 38 heavy (non-hydrogen) atoms. The lowest BCUT2D eigenvalue weighted by Gasteiger charge is -2.26. The molecule has 1 aromatic carbocycles. The first-order valence-corrected chi connectivity index (χ1v) is 13.2. The van der Waals surface area contributed by atoms with E-state index in [4.69, 9.17) is 14.6 Å². The number of methoxy groups -OCH3 is 1. The van der Waals surface area contributed by atoms with Gasteiger partial charge in [-0.15, -0.1) is 0 Å². The van der Waals surface area contributed by atoms with E-state index in [2.05, 4.69) is 9.97 Å². The number of rotatable bonds is 3. The first kappa shape index (κ1) is 32.3. The number of carbonyl (C=O) groups excluding carboxylic acids is 1. The fourth-order valence-corrected chi connectivity index (χ4v) is 3.66. The van der Waals surface area contributed by atoms with Crippen LogP contribution >= 0.6 is 0 Å². The van der Waals surface area contributed by atoms with Gasteiger partial charge in [-0.05, 0) is 52.7 Å². The van der Waals surface area contributed by atoms with Gasteiger partial charge in [-0.25, -0.2) is 19.6 Å². The summed E-state index contributed by atoms with van der Waals surface area (Å²) in [5.74, 6) is -0.158. The van der Waals surface area contributed by atoms with Crippen molar-refractivity contribution >= 4 is 23.1 Å². The molecule has 1 saturated heterocycles. The molecule has 0 spiro atoms. The third kappa shape index (κ3) is 9.32. The Hall–Kier alpha value is -3.68. The number of likely N-dealkylation sites (tertiary alicyclic amines) is 1. The van der Waals surface area contributed by atoms with Gasteiger partial charge in [0, 0.05) is 23.9 Å². The zero-order valence-electron chi connectivity index (χ0n) is 24.2. The van der Waals surface area contributed by atoms with Crippen molar-refractivity contribution < 1.29 is 24.2 Å². The summed E-state index contributed by atoms with van der Waals surface area (Å²) in [6.45, 7) is 15.7. The Morgan fingerprint density at radius 2 is 1.63 bits per heavy atom. The fraction of sp³-hybridized carbons (Fsp3) is 0.467. The van der Waals surface area contributed by atoms with Gasteiger partial charge in [0.15, 0.2) is 5.65 Å². The van der Waals surface area contributed by atoms with Gasteiger partial charge in [0.05, 0.1) is 18.2 Å². The van der Waals surface area contributed by atoms with E-state index < -0.39 is 23.7 Å². The first-order chi connectivity index (χ1) is 18.1. The minimum Gasteiger partial charge on any atom is -0.496 e. The van der Waals surface area contributed by atoms with E-state index in [0.29, 0.717) is 13.0 Å². The zero-order valence-corrected chi connectivity index (χ0v) is 24.2. The van der Waals surface area contributed by atoms with Gasteiger partial charge in [0.2, 0.25) is 0 Å². The van der Waals surface area contributed by atoms with Crippen LogP contribution in [-0.4, -0.2) is 57.3 Å². The van der Waals surface area contributed by atoms with Gasteiger partial charge >= 0.3 is 12.1 Å². The quantitative estimate of drug-likeness (QED) is 0.388. The number of hydrogen-bond acceptors (Lipinski definition) is 6. The highest BCUT2D eigenvalue weighted by molar-refractivity contribution is 5.85. The summed E-state index contributed by atoms with van der Waals surface area (Å²) in [7, 11) is 1.67. The van der Waals surface area contributed by atoms with Crippen LogP contribution in [0.4, 0.5) is 4.79 Å². The fourth-order valence-electron chi connectivity index (χ4n) is 3.66. The van der Waals surface area contributed by atoms with E-state index in [9.17, 15) is 9.59 Å². The van der Waals surface area contributed by atoms with Crippen LogP contribution in [0.1, 0.15) is 67.0 Å². The predicted octanol–water partition coefficient (Wildman–Crippen LogP) is 7.14. The molecule has 0 saturated carbocycles. The lowest BCUT2D eigenvalue weighted by Crippen LogP contribution is -2.43. The highest BCUT2D eigenvalue weighted by Crippen LogP contribution is 2.29. The van der Waals surface area contributed by atoms with E-state index >= 15 is 0 Å². The van der Waals surface area contributed by atoms with Crippen molar-refractivity contribution in [1.82, 2.24) is 14.9 Å². The van der Waals surface area contributed by atoms with Crippen LogP contribution in [0, 0.1) is 6.92 Å². The average molecular weight is 526 g/mol. The summed E-state index contributed by atoms with van der Waals surface area (Å²) >= 11 is 0. The summed E-state index contributed by atoms with van der Waals surface area (Å²) in [6.07, 6.45) is 0.692. The van der Waals surface area contributed by atoms with Gasteiger partial charge in [-0.3, -0.25) is 4.90 Å². The van der Waals surface area contributed by atoms with Crippen LogP contribution in [0.5, 0.6) is 5.75 Å². The molecule has 0 bridgehead atoms. The minimum absolute atomic E-state index is 0.464. The second kappa shape index (κ2) is 15.5. The highest BCUT2D eigenvalue weighted by atomic mass is 16.6. The van der Waals surface area contributed by atoms with Crippen molar-refractivity contribution in [1.29, 1.82) is 0 Å². The van der Waals surface area contributed by atoms with Crippen molar-refractivity contribution in [2.75, 3.05) is 13.7 Å². The summed E-state index contributed by atoms with van der Waals surface area (Å²) in [5, 5.41) is 9.82. The molecule has 4 rings (SSSR count). The molecule has 3 aromatic rings. The van der Waals surface area contributed by atoms with Crippen LogP contribution in [-0.2, 0) is 9.53 Å². The van der Waals surface area contributed by atoms with E-state index in [0.717, 1.165) is 40.2 Å². The number of fused-ring (bicyclic) bond motifs is 1. The number of ether oxygens (including phenoxy) is 2. The van der Waals surface area contributed by atoms with Crippen LogP contribution in [0.15, 0.2) is 48.5 Å². The number of amides is 1. The third-order valence-electron chi connectivity index (χ3n) is 5.23. The molecule has 1 aliphatic rings. The largest absolute Gasteiger partial charge is 0.496 e. The van der Waals surface area contributed by atoms with E-state index in [1.165, 1.54) is 4.90 Å². The molecule has 8 nitrogen and oxygen atoms in total. The molecule has 0 radical (unpaired) electrons. The third-order valence-corrected chi connectivity index (χ3v) is 5.23. The summed E-state index contributed by atoms with van der Waals surface area (Å²) in [5.41, 5.74) is 3.03. The standard InChI is InChI=1S/C16H14N2O.C10H17NO4.2C2H6/c1-11-8-9-13-15(19-2)10-14(18-16(13)17-11)12-6-4-3-5-7-12;1-10(2,3)15-9(14)11-6-4-5-7(11)8(12)13;2*1-2/h3-10H,1-2H3;7H,4-6H2,1-3H3,(H,12,13);2*1-2H3.